The standard InChI is InChI=1S/C27H21ClN4O5/c1-3-36-27(35)21-14-20-23(29-22-16(2)7-5-11-31(22)26(20)34)32(15-19-10-6-12-37-19)24(21)30-25(33)17-8-4-9-18(28)13-17/h4-14H,3,15H2,1-2H3. The molecule has 5 aromatic rings. The maximum Gasteiger partial charge on any atom is 0.341 e. The van der Waals surface area contributed by atoms with Crippen molar-refractivity contribution in [1.82, 2.24) is 14.0 Å². The maximum absolute atomic E-state index is 13.5. The minimum Gasteiger partial charge on any atom is -0.467 e. The molecule has 37 heavy (non-hydrogen) atoms. The molecule has 5 rings (SSSR count). The number of benzene rings is 1. The number of aryl methyl sites for hydroxylation is 1. The number of fused-ring (bicyclic) bond motifs is 2. The Morgan fingerprint density at radius 2 is 1.95 bits per heavy atom. The third-order valence-corrected chi connectivity index (χ3v) is 6.01. The lowest BCUT2D eigenvalue weighted by atomic mass is 10.2. The van der Waals surface area contributed by atoms with Crippen LogP contribution in [0.15, 0.2) is 81.3 Å². The first-order valence-corrected chi connectivity index (χ1v) is 11.8. The van der Waals surface area contributed by atoms with E-state index >= 15 is 0 Å². The summed E-state index contributed by atoms with van der Waals surface area (Å²) in [4.78, 5) is 48.9. The number of pyridine rings is 2. The lowest BCUT2D eigenvalue weighted by Crippen LogP contribution is -2.33. The Hall–Kier alpha value is -4.50. The first-order chi connectivity index (χ1) is 17.9. The number of carbonyl (C=O) groups excluding carboxylic acids is 2. The molecular weight excluding hydrogens is 496 g/mol. The fourth-order valence-corrected chi connectivity index (χ4v) is 4.25. The Labute approximate surface area is 215 Å². The fourth-order valence-electron chi connectivity index (χ4n) is 4.06. The first-order valence-electron chi connectivity index (χ1n) is 11.5. The molecule has 0 atom stereocenters. The second kappa shape index (κ2) is 9.87. The monoisotopic (exact) mass is 516 g/mol. The highest BCUT2D eigenvalue weighted by Crippen LogP contribution is 2.16. The van der Waals surface area contributed by atoms with Crippen LogP contribution in [-0.4, -0.2) is 32.4 Å². The van der Waals surface area contributed by atoms with Crippen LogP contribution in [0.2, 0.25) is 5.02 Å². The van der Waals surface area contributed by atoms with Gasteiger partial charge in [0.1, 0.15) is 22.6 Å². The molecule has 4 aromatic heterocycles. The second-order valence-electron chi connectivity index (χ2n) is 8.23. The third kappa shape index (κ3) is 4.56. The van der Waals surface area contributed by atoms with Crippen LogP contribution in [-0.2, 0) is 11.3 Å². The Bertz CT molecular complexity index is 1800. The van der Waals surface area contributed by atoms with Crippen molar-refractivity contribution in [3.8, 4) is 0 Å². The van der Waals surface area contributed by atoms with Gasteiger partial charge in [-0.3, -0.25) is 14.0 Å². The average Bonchev–Trinajstić information content (AvgIpc) is 3.39. The molecule has 0 saturated heterocycles. The minimum atomic E-state index is -0.732. The molecule has 0 unspecified atom stereocenters. The molecule has 186 valence electrons. The Morgan fingerprint density at radius 3 is 2.68 bits per heavy atom. The van der Waals surface area contributed by atoms with Crippen LogP contribution < -0.4 is 11.0 Å². The quantitative estimate of drug-likeness (QED) is 0.256. The molecule has 0 N–H and O–H groups in total. The molecule has 4 heterocycles. The lowest BCUT2D eigenvalue weighted by molar-refractivity contribution is 0.0523. The van der Waals surface area contributed by atoms with Crippen LogP contribution in [0.3, 0.4) is 0 Å². The highest BCUT2D eigenvalue weighted by atomic mass is 35.5. The highest BCUT2D eigenvalue weighted by molar-refractivity contribution is 6.31. The van der Waals surface area contributed by atoms with Crippen molar-refractivity contribution in [2.45, 2.75) is 20.4 Å². The average molecular weight is 517 g/mol. The summed E-state index contributed by atoms with van der Waals surface area (Å²) >= 11 is 6.07. The molecule has 1 amide bonds. The highest BCUT2D eigenvalue weighted by Gasteiger charge is 2.21. The van der Waals surface area contributed by atoms with Gasteiger partial charge in [0.05, 0.1) is 24.8 Å². The molecule has 0 saturated carbocycles. The smallest absolute Gasteiger partial charge is 0.341 e. The Morgan fingerprint density at radius 1 is 1.11 bits per heavy atom. The number of hydrogen-bond acceptors (Lipinski definition) is 6. The van der Waals surface area contributed by atoms with Gasteiger partial charge in [0.25, 0.3) is 11.5 Å². The van der Waals surface area contributed by atoms with Gasteiger partial charge in [0.2, 0.25) is 0 Å². The van der Waals surface area contributed by atoms with Gasteiger partial charge < -0.3 is 13.7 Å². The fraction of sp³-hybridized carbons (Fsp3) is 0.148. The molecule has 0 aliphatic rings. The van der Waals surface area contributed by atoms with Gasteiger partial charge in [-0.05, 0) is 61.9 Å². The minimum absolute atomic E-state index is 0.0165. The zero-order valence-corrected chi connectivity index (χ0v) is 20.7. The predicted octanol–water partition coefficient (Wildman–Crippen LogP) is 4.17. The number of ether oxygens (including phenoxy) is 1. The van der Waals surface area contributed by atoms with Crippen molar-refractivity contribution in [2.75, 3.05) is 6.61 Å². The van der Waals surface area contributed by atoms with E-state index in [1.54, 1.807) is 49.5 Å². The summed E-state index contributed by atoms with van der Waals surface area (Å²) in [6.07, 6.45) is 3.11. The van der Waals surface area contributed by atoms with E-state index < -0.39 is 11.9 Å². The summed E-state index contributed by atoms with van der Waals surface area (Å²) in [5, 5.41) is 0.525. The number of carbonyl (C=O) groups is 2. The molecule has 10 heteroatoms. The van der Waals surface area contributed by atoms with Crippen molar-refractivity contribution in [3.05, 3.63) is 110 Å². The number of nitrogens with zero attached hydrogens (tertiary/aromatic N) is 4. The number of hydrogen-bond donors (Lipinski definition) is 0. The normalized spacial score (nSPS) is 11.8. The molecular formula is C27H21ClN4O5. The first kappa shape index (κ1) is 24.2. The van der Waals surface area contributed by atoms with E-state index in [9.17, 15) is 14.4 Å². The topological polar surface area (TPSA) is 108 Å². The summed E-state index contributed by atoms with van der Waals surface area (Å²) in [5.41, 5.74) is 1.23. The van der Waals surface area contributed by atoms with Gasteiger partial charge in [-0.25, -0.2) is 9.78 Å². The Balaban J connectivity index is 1.92. The summed E-state index contributed by atoms with van der Waals surface area (Å²) in [5.74, 6) is -0.857. The van der Waals surface area contributed by atoms with Crippen molar-refractivity contribution in [1.29, 1.82) is 0 Å². The van der Waals surface area contributed by atoms with Crippen LogP contribution in [0.25, 0.3) is 16.7 Å². The van der Waals surface area contributed by atoms with Crippen LogP contribution in [0, 0.1) is 6.92 Å². The molecule has 0 aliphatic heterocycles. The number of amides is 1. The zero-order chi connectivity index (χ0) is 26.1. The van der Waals surface area contributed by atoms with Gasteiger partial charge in [0.15, 0.2) is 5.49 Å². The van der Waals surface area contributed by atoms with E-state index in [1.165, 1.54) is 27.4 Å². The largest absolute Gasteiger partial charge is 0.467 e. The second-order valence-corrected chi connectivity index (χ2v) is 8.67. The van der Waals surface area contributed by atoms with Gasteiger partial charge >= 0.3 is 5.97 Å². The lowest BCUT2D eigenvalue weighted by Gasteiger charge is -2.15. The summed E-state index contributed by atoms with van der Waals surface area (Å²) in [6.45, 7) is 3.64. The van der Waals surface area contributed by atoms with Crippen LogP contribution >= 0.6 is 11.6 Å². The molecule has 0 spiro atoms. The van der Waals surface area contributed by atoms with E-state index in [0.29, 0.717) is 16.4 Å². The van der Waals surface area contributed by atoms with Gasteiger partial charge in [-0.2, -0.15) is 4.99 Å². The van der Waals surface area contributed by atoms with E-state index in [0.717, 1.165) is 5.56 Å². The number of halogens is 1. The molecule has 9 nitrogen and oxygen atoms in total. The van der Waals surface area contributed by atoms with E-state index in [1.807, 2.05) is 13.0 Å². The van der Waals surface area contributed by atoms with Crippen LogP contribution in [0.4, 0.5) is 0 Å². The molecule has 1 aromatic carbocycles. The predicted molar refractivity (Wildman–Crippen MR) is 137 cm³/mol. The van der Waals surface area contributed by atoms with E-state index in [4.69, 9.17) is 25.7 Å². The molecule has 0 aliphatic carbocycles. The van der Waals surface area contributed by atoms with Gasteiger partial charge in [-0.15, -0.1) is 0 Å². The third-order valence-electron chi connectivity index (χ3n) is 5.77. The van der Waals surface area contributed by atoms with Crippen molar-refractivity contribution >= 4 is 40.2 Å². The summed E-state index contributed by atoms with van der Waals surface area (Å²) in [7, 11) is 0. The number of rotatable bonds is 5. The molecule has 0 radical (unpaired) electrons. The zero-order valence-electron chi connectivity index (χ0n) is 20.0. The number of aromatic nitrogens is 3. The van der Waals surface area contributed by atoms with E-state index in [-0.39, 0.29) is 46.4 Å². The van der Waals surface area contributed by atoms with E-state index in [2.05, 4.69) is 4.99 Å². The van der Waals surface area contributed by atoms with Crippen molar-refractivity contribution in [2.24, 2.45) is 4.99 Å². The maximum atomic E-state index is 13.5. The van der Waals surface area contributed by atoms with Crippen molar-refractivity contribution in [3.63, 3.8) is 0 Å². The van der Waals surface area contributed by atoms with Crippen molar-refractivity contribution < 1.29 is 18.7 Å². The summed E-state index contributed by atoms with van der Waals surface area (Å²) < 4.78 is 13.7. The molecule has 0 fully saturated rings. The number of furan rings is 1. The van der Waals surface area contributed by atoms with Gasteiger partial charge in [0, 0.05) is 16.8 Å². The number of esters is 1. The summed E-state index contributed by atoms with van der Waals surface area (Å²) in [6, 6.07) is 14.7. The SMILES string of the molecule is CCOC(=O)c1cc2c(=O)n3cccc(C)c3nc2n(Cc2ccco2)c1=NC(=O)c1cccc(Cl)c1. The van der Waals surface area contributed by atoms with Crippen LogP contribution in [0.5, 0.6) is 0 Å². The van der Waals surface area contributed by atoms with Crippen LogP contribution in [0.1, 0.15) is 39.0 Å². The molecule has 0 bridgehead atoms. The van der Waals surface area contributed by atoms with Gasteiger partial charge in [-0.1, -0.05) is 23.7 Å². The Kier molecular flexibility index (Phi) is 6.45.